The van der Waals surface area contributed by atoms with Crippen molar-refractivity contribution >= 4 is 30.8 Å². The minimum absolute atomic E-state index is 0.0112. The predicted octanol–water partition coefficient (Wildman–Crippen LogP) is 5.02. The Bertz CT molecular complexity index is 1160. The topological polar surface area (TPSA) is 77.6 Å². The molecule has 0 spiro atoms. The molecule has 9 heteroatoms. The minimum Gasteiger partial charge on any atom is -0.361 e. The molecule has 1 atom stereocenters. The number of carbonyl (C=O) groups excluding carboxylic acids is 1. The summed E-state index contributed by atoms with van der Waals surface area (Å²) in [7, 11) is -1.19. The van der Waals surface area contributed by atoms with E-state index < -0.39 is 8.07 Å². The number of pyridine rings is 2. The molecule has 0 radical (unpaired) electrons. The Kier molecular flexibility index (Phi) is 6.90. The first-order valence-electron chi connectivity index (χ1n) is 12.7. The van der Waals surface area contributed by atoms with E-state index in [-0.39, 0.29) is 12.2 Å². The molecule has 35 heavy (non-hydrogen) atoms. The number of nitrogens with one attached hydrogen (secondary N) is 1. The van der Waals surface area contributed by atoms with Gasteiger partial charge in [0.05, 0.1) is 24.1 Å². The van der Waals surface area contributed by atoms with Crippen LogP contribution in [0.2, 0.25) is 25.7 Å². The molecule has 5 rings (SSSR count). The highest BCUT2D eigenvalue weighted by Crippen LogP contribution is 2.38. The molecule has 1 unspecified atom stereocenters. The summed E-state index contributed by atoms with van der Waals surface area (Å²) in [4.78, 5) is 32.7. The SMILES string of the molecule is C[Si](C)(C)CCOCN1Cc2cnc3[nH]ccc3c2N(C2CCCCN2Cc2ccccn2)C1=O. The van der Waals surface area contributed by atoms with E-state index in [9.17, 15) is 4.79 Å². The zero-order chi connectivity index (χ0) is 24.4. The van der Waals surface area contributed by atoms with Crippen molar-refractivity contribution in [1.29, 1.82) is 0 Å². The third-order valence-corrected chi connectivity index (χ3v) is 8.63. The van der Waals surface area contributed by atoms with Gasteiger partial charge in [0.2, 0.25) is 0 Å². The lowest BCUT2D eigenvalue weighted by molar-refractivity contribution is 0.0455. The van der Waals surface area contributed by atoms with Crippen molar-refractivity contribution in [2.75, 3.05) is 24.8 Å². The van der Waals surface area contributed by atoms with Crippen molar-refractivity contribution in [2.24, 2.45) is 0 Å². The largest absolute Gasteiger partial charge is 0.361 e. The van der Waals surface area contributed by atoms with Gasteiger partial charge in [-0.25, -0.2) is 9.78 Å². The van der Waals surface area contributed by atoms with Gasteiger partial charge in [-0.3, -0.25) is 19.7 Å². The molecular formula is C26H36N6O2Si. The van der Waals surface area contributed by atoms with Gasteiger partial charge in [0.15, 0.2) is 0 Å². The zero-order valence-electron chi connectivity index (χ0n) is 21.0. The van der Waals surface area contributed by atoms with E-state index in [4.69, 9.17) is 4.74 Å². The first-order valence-corrected chi connectivity index (χ1v) is 16.4. The summed E-state index contributed by atoms with van der Waals surface area (Å²) >= 11 is 0. The smallest absolute Gasteiger partial charge is 0.327 e. The molecule has 8 nitrogen and oxygen atoms in total. The first kappa shape index (κ1) is 24.0. The number of urea groups is 1. The number of likely N-dealkylation sites (tertiary alicyclic amines) is 1. The predicted molar refractivity (Wildman–Crippen MR) is 141 cm³/mol. The molecule has 2 amide bonds. The van der Waals surface area contributed by atoms with Gasteiger partial charge in [-0.1, -0.05) is 25.7 Å². The molecule has 0 aliphatic carbocycles. The van der Waals surface area contributed by atoms with Crippen LogP contribution in [0.4, 0.5) is 10.5 Å². The van der Waals surface area contributed by atoms with Gasteiger partial charge in [0, 0.05) is 57.3 Å². The van der Waals surface area contributed by atoms with Crippen LogP contribution in [0.3, 0.4) is 0 Å². The number of carbonyl (C=O) groups is 1. The molecule has 1 saturated heterocycles. The maximum Gasteiger partial charge on any atom is 0.327 e. The average Bonchev–Trinajstić information content (AvgIpc) is 3.32. The maximum atomic E-state index is 14.0. The van der Waals surface area contributed by atoms with Crippen LogP contribution in [0.5, 0.6) is 0 Å². The summed E-state index contributed by atoms with van der Waals surface area (Å²) in [6.45, 7) is 10.2. The van der Waals surface area contributed by atoms with Gasteiger partial charge in [-0.05, 0) is 43.5 Å². The molecule has 3 aromatic heterocycles. The molecule has 1 fully saturated rings. The fourth-order valence-electron chi connectivity index (χ4n) is 5.04. The Morgan fingerprint density at radius 2 is 2.06 bits per heavy atom. The standard InChI is InChI=1S/C26H36N6O2Si/c1-35(2,3)15-14-34-19-31-17-20-16-29-25-22(10-12-28-25)24(20)32(26(31)33)23-9-5-7-13-30(23)18-21-8-4-6-11-27-21/h4,6,8,10-12,16,23H,5,7,9,13-15,17-19H2,1-3H3,(H,28,29). The molecule has 3 aromatic rings. The number of ether oxygens (including phenoxy) is 1. The second-order valence-corrected chi connectivity index (χ2v) is 16.5. The second-order valence-electron chi connectivity index (χ2n) is 10.8. The third kappa shape index (κ3) is 5.27. The highest BCUT2D eigenvalue weighted by Gasteiger charge is 2.40. The van der Waals surface area contributed by atoms with Crippen LogP contribution >= 0.6 is 0 Å². The molecule has 5 heterocycles. The van der Waals surface area contributed by atoms with Crippen LogP contribution < -0.4 is 4.90 Å². The van der Waals surface area contributed by atoms with Gasteiger partial charge in [0.25, 0.3) is 0 Å². The summed E-state index contributed by atoms with van der Waals surface area (Å²) in [6.07, 6.45) is 8.75. The van der Waals surface area contributed by atoms with Crippen molar-refractivity contribution in [3.8, 4) is 0 Å². The van der Waals surface area contributed by atoms with Crippen molar-refractivity contribution in [3.05, 3.63) is 54.1 Å². The lowest BCUT2D eigenvalue weighted by Gasteiger charge is -2.46. The van der Waals surface area contributed by atoms with E-state index in [1.54, 1.807) is 0 Å². The fourth-order valence-corrected chi connectivity index (χ4v) is 5.79. The highest BCUT2D eigenvalue weighted by atomic mass is 28.3. The number of aromatic amines is 1. The summed E-state index contributed by atoms with van der Waals surface area (Å²) in [5, 5.41) is 0.999. The van der Waals surface area contributed by atoms with Crippen LogP contribution in [0.15, 0.2) is 42.9 Å². The highest BCUT2D eigenvalue weighted by molar-refractivity contribution is 6.76. The molecular weight excluding hydrogens is 456 g/mol. The van der Waals surface area contributed by atoms with Crippen molar-refractivity contribution in [3.63, 3.8) is 0 Å². The molecule has 186 valence electrons. The monoisotopic (exact) mass is 492 g/mol. The van der Waals surface area contributed by atoms with Gasteiger partial charge < -0.3 is 9.72 Å². The summed E-state index contributed by atoms with van der Waals surface area (Å²) in [6, 6.07) is 9.16. The number of anilines is 1. The number of piperidine rings is 1. The Labute approximate surface area is 208 Å². The number of aromatic nitrogens is 3. The third-order valence-electron chi connectivity index (χ3n) is 6.92. The molecule has 2 aliphatic heterocycles. The number of fused-ring (bicyclic) bond motifs is 3. The van der Waals surface area contributed by atoms with Crippen LogP contribution in [0.1, 0.15) is 30.5 Å². The van der Waals surface area contributed by atoms with E-state index >= 15 is 0 Å². The molecule has 1 N–H and O–H groups in total. The Morgan fingerprint density at radius 1 is 1.17 bits per heavy atom. The fraction of sp³-hybridized carbons (Fsp3) is 0.500. The normalized spacial score (nSPS) is 19.4. The van der Waals surface area contributed by atoms with Crippen LogP contribution in [-0.2, 0) is 17.8 Å². The number of hydrogen-bond acceptors (Lipinski definition) is 5. The van der Waals surface area contributed by atoms with E-state index in [0.29, 0.717) is 19.9 Å². The molecule has 0 saturated carbocycles. The van der Waals surface area contributed by atoms with E-state index in [0.717, 1.165) is 66.4 Å². The van der Waals surface area contributed by atoms with E-state index in [1.807, 2.05) is 46.6 Å². The van der Waals surface area contributed by atoms with Gasteiger partial charge in [-0.15, -0.1) is 0 Å². The average molecular weight is 493 g/mol. The van der Waals surface area contributed by atoms with Gasteiger partial charge in [0.1, 0.15) is 12.4 Å². The second kappa shape index (κ2) is 10.1. The van der Waals surface area contributed by atoms with Gasteiger partial charge in [-0.2, -0.15) is 0 Å². The minimum atomic E-state index is -1.19. The number of H-pyrrole nitrogens is 1. The quantitative estimate of drug-likeness (QED) is 0.353. The van der Waals surface area contributed by atoms with E-state index in [1.165, 1.54) is 0 Å². The lowest BCUT2D eigenvalue weighted by Crippen LogP contribution is -2.59. The first-order chi connectivity index (χ1) is 16.9. The van der Waals surface area contributed by atoms with Crippen LogP contribution in [-0.4, -0.2) is 64.9 Å². The van der Waals surface area contributed by atoms with Crippen LogP contribution in [0, 0.1) is 0 Å². The summed E-state index contributed by atoms with van der Waals surface area (Å²) in [5.74, 6) is 0. The maximum absolute atomic E-state index is 14.0. The number of nitrogens with zero attached hydrogens (tertiary/aromatic N) is 5. The number of amides is 2. The van der Waals surface area contributed by atoms with Crippen molar-refractivity contribution in [1.82, 2.24) is 24.8 Å². The Balaban J connectivity index is 1.46. The van der Waals surface area contributed by atoms with Gasteiger partial charge >= 0.3 is 6.03 Å². The number of rotatable bonds is 8. The van der Waals surface area contributed by atoms with E-state index in [2.05, 4.69) is 45.6 Å². The Hall–Kier alpha value is -2.75. The van der Waals surface area contributed by atoms with Crippen molar-refractivity contribution < 1.29 is 9.53 Å². The summed E-state index contributed by atoms with van der Waals surface area (Å²) < 4.78 is 6.03. The molecule has 0 bridgehead atoms. The number of hydrogen-bond donors (Lipinski definition) is 1. The molecule has 0 aromatic carbocycles. The van der Waals surface area contributed by atoms with Crippen LogP contribution in [0.25, 0.3) is 11.0 Å². The summed E-state index contributed by atoms with van der Waals surface area (Å²) in [5.41, 5.74) is 3.89. The zero-order valence-corrected chi connectivity index (χ0v) is 22.0. The van der Waals surface area contributed by atoms with Crippen molar-refractivity contribution in [2.45, 2.75) is 64.2 Å². The lowest BCUT2D eigenvalue weighted by atomic mass is 10.0. The molecule has 2 aliphatic rings. The Morgan fingerprint density at radius 3 is 2.86 bits per heavy atom.